The summed E-state index contributed by atoms with van der Waals surface area (Å²) in [4.78, 5) is 30.7. The molecule has 0 saturated carbocycles. The normalized spacial score (nSPS) is 21.4. The van der Waals surface area contributed by atoms with E-state index >= 15 is 0 Å². The van der Waals surface area contributed by atoms with Gasteiger partial charge in [-0.3, -0.25) is 9.36 Å². The molecule has 1 unspecified atom stereocenters. The van der Waals surface area contributed by atoms with Crippen molar-refractivity contribution in [3.63, 3.8) is 0 Å². The second-order valence-corrected chi connectivity index (χ2v) is 10.7. The van der Waals surface area contributed by atoms with Crippen LogP contribution in [0.5, 0.6) is 0 Å². The number of methoxy groups -OCH3 is 1. The van der Waals surface area contributed by atoms with Crippen molar-refractivity contribution in [2.75, 3.05) is 18.6 Å². The molecule has 1 fully saturated rings. The molecule has 30 heavy (non-hydrogen) atoms. The van der Waals surface area contributed by atoms with Crippen LogP contribution in [0.4, 0.5) is 0 Å². The molecule has 5 rings (SSSR count). The Kier molecular flexibility index (Phi) is 5.47. The zero-order valence-electron chi connectivity index (χ0n) is 16.4. The third kappa shape index (κ3) is 3.40. The predicted octanol–water partition coefficient (Wildman–Crippen LogP) is 3.22. The molecule has 3 aliphatic rings. The molecule has 5 nitrogen and oxygen atoms in total. The number of carbonyl (C=O) groups is 1. The Morgan fingerprint density at radius 3 is 2.70 bits per heavy atom. The molecule has 1 atom stereocenters. The summed E-state index contributed by atoms with van der Waals surface area (Å²) in [5, 5.41) is 0. The smallest absolute Gasteiger partial charge is 0.332 e. The van der Waals surface area contributed by atoms with E-state index in [9.17, 15) is 9.59 Å². The van der Waals surface area contributed by atoms with Gasteiger partial charge in [-0.2, -0.15) is 0 Å². The minimum atomic E-state index is -0.526. The minimum Gasteiger partial charge on any atom is -0.466 e. The van der Waals surface area contributed by atoms with Gasteiger partial charge in [-0.1, -0.05) is 41.7 Å². The maximum atomic E-state index is 13.3. The molecule has 3 heterocycles. The molecule has 0 N–H and O–H groups in total. The third-order valence-electron chi connectivity index (χ3n) is 5.46. The first-order chi connectivity index (χ1) is 14.7. The summed E-state index contributed by atoms with van der Waals surface area (Å²) in [6, 6.07) is 9.94. The second-order valence-electron chi connectivity index (χ2n) is 7.21. The van der Waals surface area contributed by atoms with Crippen molar-refractivity contribution >= 4 is 46.9 Å². The summed E-state index contributed by atoms with van der Waals surface area (Å²) in [6.07, 6.45) is 4.28. The number of aromatic nitrogens is 1. The Hall–Kier alpha value is -2.03. The van der Waals surface area contributed by atoms with Gasteiger partial charge in [0.2, 0.25) is 0 Å². The lowest BCUT2D eigenvalue weighted by Crippen LogP contribution is -2.39. The van der Waals surface area contributed by atoms with Crippen molar-refractivity contribution < 1.29 is 9.53 Å². The number of benzene rings is 1. The van der Waals surface area contributed by atoms with Crippen LogP contribution in [0.25, 0.3) is 6.08 Å². The predicted molar refractivity (Wildman–Crippen MR) is 123 cm³/mol. The molecule has 8 heteroatoms. The zero-order valence-corrected chi connectivity index (χ0v) is 18.9. The van der Waals surface area contributed by atoms with E-state index in [0.717, 1.165) is 42.0 Å². The number of ether oxygens (including phenoxy) is 1. The molecule has 0 amide bonds. The van der Waals surface area contributed by atoms with E-state index in [2.05, 4.69) is 12.1 Å². The number of esters is 1. The van der Waals surface area contributed by atoms with E-state index in [4.69, 9.17) is 9.73 Å². The first kappa shape index (κ1) is 19.9. The molecule has 1 aromatic heterocycles. The lowest BCUT2D eigenvalue weighted by Gasteiger charge is -2.31. The fourth-order valence-electron chi connectivity index (χ4n) is 4.17. The van der Waals surface area contributed by atoms with Crippen molar-refractivity contribution in [3.8, 4) is 0 Å². The van der Waals surface area contributed by atoms with Gasteiger partial charge in [-0.05, 0) is 36.0 Å². The SMILES string of the molecule is COC(=O)C=c1sc2n(c1=O)C(c1ccccc1)C1=C(N=2)C(=C2SCCS2)CCC1. The van der Waals surface area contributed by atoms with E-state index in [1.54, 1.807) is 4.57 Å². The lowest BCUT2D eigenvalue weighted by molar-refractivity contribution is -0.133. The zero-order chi connectivity index (χ0) is 20.7. The summed E-state index contributed by atoms with van der Waals surface area (Å²) in [6.45, 7) is 0. The van der Waals surface area contributed by atoms with E-state index in [0.29, 0.717) is 9.33 Å². The molecule has 2 aromatic rings. The molecular formula is C22H20N2O3S3. The van der Waals surface area contributed by atoms with Gasteiger partial charge < -0.3 is 4.74 Å². The molecule has 2 aliphatic heterocycles. The Morgan fingerprint density at radius 1 is 1.20 bits per heavy atom. The number of rotatable bonds is 2. The third-order valence-corrected chi connectivity index (χ3v) is 9.24. The van der Waals surface area contributed by atoms with E-state index in [-0.39, 0.29) is 11.6 Å². The van der Waals surface area contributed by atoms with Gasteiger partial charge in [0.05, 0.1) is 18.8 Å². The van der Waals surface area contributed by atoms with Crippen LogP contribution in [0.15, 0.2) is 61.2 Å². The van der Waals surface area contributed by atoms with Gasteiger partial charge in [0, 0.05) is 21.8 Å². The van der Waals surface area contributed by atoms with Crippen molar-refractivity contribution in [1.82, 2.24) is 4.57 Å². The van der Waals surface area contributed by atoms with Crippen molar-refractivity contribution in [2.45, 2.75) is 25.3 Å². The fraction of sp³-hybridized carbons (Fsp3) is 0.318. The number of thioether (sulfide) groups is 2. The van der Waals surface area contributed by atoms with Crippen LogP contribution in [-0.4, -0.2) is 29.2 Å². The topological polar surface area (TPSA) is 60.7 Å². The van der Waals surface area contributed by atoms with Crippen LogP contribution in [0.2, 0.25) is 0 Å². The highest BCUT2D eigenvalue weighted by atomic mass is 32.2. The number of allylic oxidation sites excluding steroid dienone is 2. The molecule has 0 radical (unpaired) electrons. The van der Waals surface area contributed by atoms with Crippen molar-refractivity contribution in [1.29, 1.82) is 0 Å². The largest absolute Gasteiger partial charge is 0.466 e. The van der Waals surface area contributed by atoms with Gasteiger partial charge in [-0.25, -0.2) is 9.79 Å². The molecule has 1 saturated heterocycles. The average molecular weight is 457 g/mol. The van der Waals surface area contributed by atoms with Gasteiger partial charge in [0.25, 0.3) is 5.56 Å². The highest BCUT2D eigenvalue weighted by Crippen LogP contribution is 2.47. The summed E-state index contributed by atoms with van der Waals surface area (Å²) < 4.78 is 8.24. The Bertz CT molecular complexity index is 1250. The lowest BCUT2D eigenvalue weighted by atomic mass is 9.85. The van der Waals surface area contributed by atoms with Crippen LogP contribution in [0.3, 0.4) is 0 Å². The number of nitrogens with zero attached hydrogens (tertiary/aromatic N) is 2. The number of fused-ring (bicyclic) bond motifs is 1. The summed E-state index contributed by atoms with van der Waals surface area (Å²) in [7, 11) is 1.32. The average Bonchev–Trinajstić information content (AvgIpc) is 3.41. The van der Waals surface area contributed by atoms with E-state index in [1.165, 1.54) is 39.9 Å². The van der Waals surface area contributed by atoms with Crippen molar-refractivity contribution in [2.24, 2.45) is 4.99 Å². The fourth-order valence-corrected chi connectivity index (χ4v) is 7.75. The molecule has 1 aromatic carbocycles. The maximum Gasteiger partial charge on any atom is 0.332 e. The van der Waals surface area contributed by atoms with Crippen LogP contribution >= 0.6 is 34.9 Å². The van der Waals surface area contributed by atoms with E-state index in [1.807, 2.05) is 41.7 Å². The molecule has 0 bridgehead atoms. The Morgan fingerprint density at radius 2 is 1.97 bits per heavy atom. The quantitative estimate of drug-likeness (QED) is 0.650. The summed E-state index contributed by atoms with van der Waals surface area (Å²) in [5.41, 5.74) is 4.48. The Labute approximate surface area is 186 Å². The highest BCUT2D eigenvalue weighted by Gasteiger charge is 2.33. The summed E-state index contributed by atoms with van der Waals surface area (Å²) in [5.74, 6) is 1.74. The standard InChI is InChI=1S/C22H20N2O3S3/c1-27-17(25)12-16-20(26)24-19(13-6-3-2-4-7-13)14-8-5-9-15(21-28-10-11-29-21)18(14)23-22(24)30-16/h2-4,6-7,12,19H,5,8-11H2,1H3. The number of hydrogen-bond acceptors (Lipinski definition) is 7. The van der Waals surface area contributed by atoms with E-state index < -0.39 is 5.97 Å². The second kappa shape index (κ2) is 8.24. The van der Waals surface area contributed by atoms with Gasteiger partial charge in [0.15, 0.2) is 4.80 Å². The van der Waals surface area contributed by atoms with Crippen LogP contribution in [0, 0.1) is 0 Å². The molecule has 0 spiro atoms. The first-order valence-electron chi connectivity index (χ1n) is 9.84. The van der Waals surface area contributed by atoms with Crippen molar-refractivity contribution in [3.05, 3.63) is 76.7 Å². The monoisotopic (exact) mass is 456 g/mol. The molecule has 1 aliphatic carbocycles. The molecular weight excluding hydrogens is 436 g/mol. The van der Waals surface area contributed by atoms with Crippen LogP contribution in [0.1, 0.15) is 30.9 Å². The summed E-state index contributed by atoms with van der Waals surface area (Å²) >= 11 is 5.10. The first-order valence-corrected chi connectivity index (χ1v) is 12.6. The maximum absolute atomic E-state index is 13.3. The highest BCUT2D eigenvalue weighted by molar-refractivity contribution is 8.25. The van der Waals surface area contributed by atoms with Crippen LogP contribution in [-0.2, 0) is 9.53 Å². The Balaban J connectivity index is 1.79. The molecule has 154 valence electrons. The number of carbonyl (C=O) groups excluding carboxylic acids is 1. The van der Waals surface area contributed by atoms with Gasteiger partial charge in [0.1, 0.15) is 4.53 Å². The van der Waals surface area contributed by atoms with Crippen LogP contribution < -0.4 is 14.9 Å². The minimum absolute atomic E-state index is 0.186. The number of thiazole rings is 1. The van der Waals surface area contributed by atoms with Gasteiger partial charge in [-0.15, -0.1) is 23.5 Å². The van der Waals surface area contributed by atoms with Gasteiger partial charge >= 0.3 is 5.97 Å². The number of hydrogen-bond donors (Lipinski definition) is 0.